The molecule has 0 nitrogen and oxygen atoms in total. The minimum atomic E-state index is -0.843. The molecule has 0 aliphatic carbocycles. The van der Waals surface area contributed by atoms with E-state index < -0.39 is 19.8 Å². The van der Waals surface area contributed by atoms with Crippen molar-refractivity contribution in [1.82, 2.24) is 0 Å². The van der Waals surface area contributed by atoms with Crippen molar-refractivity contribution in [3.05, 3.63) is 4.44 Å². The van der Waals surface area contributed by atoms with Crippen molar-refractivity contribution in [1.29, 1.82) is 0 Å². The van der Waals surface area contributed by atoms with Crippen molar-refractivity contribution in [2.24, 2.45) is 0 Å². The summed E-state index contributed by atoms with van der Waals surface area (Å²) >= 11 is -0.843. The molecule has 37 valence electrons. The second-order valence-electron chi connectivity index (χ2n) is 1.89. The van der Waals surface area contributed by atoms with Gasteiger partial charge in [-0.2, -0.15) is 0 Å². The second-order valence-corrected chi connectivity index (χ2v) is 10.3. The van der Waals surface area contributed by atoms with Gasteiger partial charge >= 0.3 is 47.4 Å². The summed E-state index contributed by atoms with van der Waals surface area (Å²) in [5.74, 6) is 0. The van der Waals surface area contributed by atoms with Crippen LogP contribution in [0.25, 0.3) is 0 Å². The summed E-state index contributed by atoms with van der Waals surface area (Å²) in [7, 11) is 0. The Hall–Kier alpha value is 0.799. The first-order valence-electron chi connectivity index (χ1n) is 2.60. The molecule has 6 heavy (non-hydrogen) atoms. The Morgan fingerprint density at radius 1 is 1.50 bits per heavy atom. The van der Waals surface area contributed by atoms with E-state index in [1.807, 2.05) is 0 Å². The van der Waals surface area contributed by atoms with Crippen molar-refractivity contribution in [2.75, 3.05) is 0 Å². The average Bonchev–Trinajstić information content (AvgIpc) is 1.35. The molecule has 1 heteroatoms. The molecule has 0 saturated heterocycles. The third kappa shape index (κ3) is 4.80. The predicted molar refractivity (Wildman–Crippen MR) is 33.5 cm³/mol. The molecule has 0 heterocycles. The quantitative estimate of drug-likeness (QED) is 0.583. The SMILES string of the molecule is CC[CH][SnH]([CH3])[CH3]. The summed E-state index contributed by atoms with van der Waals surface area (Å²) in [4.78, 5) is 4.82. The molecule has 0 atom stereocenters. The van der Waals surface area contributed by atoms with E-state index in [0.29, 0.717) is 0 Å². The number of rotatable bonds is 2. The Morgan fingerprint density at radius 2 is 2.00 bits per heavy atom. The molecule has 0 unspecified atom stereocenters. The molecule has 0 rings (SSSR count). The Morgan fingerprint density at radius 3 is 2.00 bits per heavy atom. The third-order valence-corrected chi connectivity index (χ3v) is 4.74. The summed E-state index contributed by atoms with van der Waals surface area (Å²) in [6, 6.07) is 0. The Kier molecular flexibility index (Phi) is 4.50. The van der Waals surface area contributed by atoms with Crippen LogP contribution in [0.2, 0.25) is 9.88 Å². The molecule has 0 aliphatic rings. The van der Waals surface area contributed by atoms with E-state index in [9.17, 15) is 0 Å². The van der Waals surface area contributed by atoms with E-state index in [1.54, 1.807) is 0 Å². The van der Waals surface area contributed by atoms with Gasteiger partial charge in [-0.25, -0.2) is 0 Å². The summed E-state index contributed by atoms with van der Waals surface area (Å²) in [6.07, 6.45) is 1.30. The molecule has 0 aromatic heterocycles. The normalized spacial score (nSPS) is 10.0. The average molecular weight is 192 g/mol. The van der Waals surface area contributed by atoms with Gasteiger partial charge in [0.2, 0.25) is 0 Å². The van der Waals surface area contributed by atoms with Crippen LogP contribution in [0.15, 0.2) is 0 Å². The molecule has 0 saturated carbocycles. The third-order valence-electron chi connectivity index (χ3n) is 0.707. The molecule has 0 bridgehead atoms. The molecule has 0 amide bonds. The Bertz CT molecular complexity index is 25.1. The molecule has 1 radical (unpaired) electrons. The van der Waals surface area contributed by atoms with Crippen molar-refractivity contribution in [3.8, 4) is 0 Å². The van der Waals surface area contributed by atoms with Crippen LogP contribution in [0.3, 0.4) is 0 Å². The van der Waals surface area contributed by atoms with Crippen LogP contribution in [0.1, 0.15) is 13.3 Å². The summed E-state index contributed by atoms with van der Waals surface area (Å²) < 4.78 is 2.50. The van der Waals surface area contributed by atoms with E-state index in [-0.39, 0.29) is 0 Å². The fraction of sp³-hybridized carbons (Fsp3) is 0.800. The zero-order valence-corrected chi connectivity index (χ0v) is 8.16. The van der Waals surface area contributed by atoms with E-state index in [1.165, 1.54) is 6.42 Å². The van der Waals surface area contributed by atoms with Gasteiger partial charge in [0.1, 0.15) is 0 Å². The van der Waals surface area contributed by atoms with Crippen LogP contribution in [-0.4, -0.2) is 19.8 Å². The molecule has 0 fully saturated rings. The van der Waals surface area contributed by atoms with Gasteiger partial charge in [-0.05, 0) is 0 Å². The van der Waals surface area contributed by atoms with E-state index in [2.05, 4.69) is 21.2 Å². The summed E-state index contributed by atoms with van der Waals surface area (Å²) in [6.45, 7) is 2.22. The molecular formula is C5H13Sn. The predicted octanol–water partition coefficient (Wildman–Crippen LogP) is 1.63. The monoisotopic (exact) mass is 193 g/mol. The molecule has 0 spiro atoms. The first-order valence-corrected chi connectivity index (χ1v) is 11.1. The second kappa shape index (κ2) is 3.97. The van der Waals surface area contributed by atoms with Gasteiger partial charge < -0.3 is 0 Å². The zero-order chi connectivity index (χ0) is 4.99. The Labute approximate surface area is 47.7 Å². The molecule has 0 N–H and O–H groups in total. The summed E-state index contributed by atoms with van der Waals surface area (Å²) in [5, 5.41) is 0. The standard InChI is InChI=1S/C3H6.2CH3.Sn.H/c1-3-2;;;;/h1H,3H2,2H3;2*1H3;;. The topological polar surface area (TPSA) is 0 Å². The fourth-order valence-corrected chi connectivity index (χ4v) is 3.16. The van der Waals surface area contributed by atoms with Gasteiger partial charge in [0, 0.05) is 0 Å². The molecule has 0 aromatic rings. The minimum absolute atomic E-state index is 0.843. The van der Waals surface area contributed by atoms with Crippen LogP contribution >= 0.6 is 0 Å². The molecular weight excluding hydrogens is 179 g/mol. The first kappa shape index (κ1) is 6.80. The maximum absolute atomic E-state index is 2.50. The fourth-order valence-electron chi connectivity index (χ4n) is 0.471. The number of hydrogen-bond donors (Lipinski definition) is 0. The van der Waals surface area contributed by atoms with Gasteiger partial charge in [-0.15, -0.1) is 0 Å². The van der Waals surface area contributed by atoms with Crippen LogP contribution in [0.5, 0.6) is 0 Å². The van der Waals surface area contributed by atoms with Gasteiger partial charge in [0.25, 0.3) is 0 Å². The van der Waals surface area contributed by atoms with Crippen LogP contribution in [0, 0.1) is 4.44 Å². The number of hydrogen-bond acceptors (Lipinski definition) is 0. The maximum atomic E-state index is 2.50. The van der Waals surface area contributed by atoms with Crippen molar-refractivity contribution >= 4 is 19.8 Å². The van der Waals surface area contributed by atoms with E-state index >= 15 is 0 Å². The van der Waals surface area contributed by atoms with E-state index in [0.717, 1.165) is 0 Å². The van der Waals surface area contributed by atoms with Crippen LogP contribution < -0.4 is 0 Å². The van der Waals surface area contributed by atoms with E-state index in [4.69, 9.17) is 0 Å². The Balaban J connectivity index is 2.63. The summed E-state index contributed by atoms with van der Waals surface area (Å²) in [5.41, 5.74) is 0. The van der Waals surface area contributed by atoms with Gasteiger partial charge in [-0.1, -0.05) is 0 Å². The van der Waals surface area contributed by atoms with Crippen LogP contribution in [-0.2, 0) is 0 Å². The zero-order valence-electron chi connectivity index (χ0n) is 4.86. The van der Waals surface area contributed by atoms with Gasteiger partial charge in [0.15, 0.2) is 0 Å². The molecule has 0 aromatic carbocycles. The van der Waals surface area contributed by atoms with Gasteiger partial charge in [0.05, 0.1) is 0 Å². The van der Waals surface area contributed by atoms with Crippen molar-refractivity contribution in [2.45, 2.75) is 23.2 Å². The van der Waals surface area contributed by atoms with Crippen molar-refractivity contribution < 1.29 is 0 Å². The van der Waals surface area contributed by atoms with Gasteiger partial charge in [-0.3, -0.25) is 0 Å². The first-order chi connectivity index (χ1) is 2.77. The van der Waals surface area contributed by atoms with Crippen molar-refractivity contribution in [3.63, 3.8) is 0 Å². The van der Waals surface area contributed by atoms with Crippen LogP contribution in [0.4, 0.5) is 0 Å². The molecule has 0 aliphatic heterocycles.